The van der Waals surface area contributed by atoms with Gasteiger partial charge in [-0.05, 0) is 49.9 Å². The minimum absolute atomic E-state index is 0.0781. The highest BCUT2D eigenvalue weighted by molar-refractivity contribution is 5.77. The van der Waals surface area contributed by atoms with E-state index in [2.05, 4.69) is 44.7 Å². The lowest BCUT2D eigenvalue weighted by Crippen LogP contribution is -2.23. The van der Waals surface area contributed by atoms with Crippen molar-refractivity contribution in [3.63, 3.8) is 0 Å². The Morgan fingerprint density at radius 1 is 1.32 bits per heavy atom. The van der Waals surface area contributed by atoms with Crippen molar-refractivity contribution in [1.82, 2.24) is 29.4 Å². The molecule has 5 rings (SSSR count). The van der Waals surface area contributed by atoms with Gasteiger partial charge in [-0.25, -0.2) is 4.98 Å². The Labute approximate surface area is 160 Å². The van der Waals surface area contributed by atoms with Gasteiger partial charge in [0, 0.05) is 29.9 Å². The second kappa shape index (κ2) is 6.29. The molecule has 1 aliphatic rings. The SMILES string of the molecule is Cc1ccn2cc(-n3nnc4cnc(N[C@@H]5CC[C@@H](C(N)=O)C5)nc43)cc2c1. The number of carbonyl (C=O) groups is 1. The lowest BCUT2D eigenvalue weighted by Gasteiger charge is -2.12. The number of rotatable bonds is 4. The third-order valence-electron chi connectivity index (χ3n) is 5.34. The van der Waals surface area contributed by atoms with Gasteiger partial charge >= 0.3 is 0 Å². The molecule has 4 heterocycles. The Balaban J connectivity index is 1.47. The molecular weight excluding hydrogens is 356 g/mol. The van der Waals surface area contributed by atoms with E-state index in [1.807, 2.05) is 22.9 Å². The average molecular weight is 376 g/mol. The van der Waals surface area contributed by atoms with Crippen LogP contribution in [-0.4, -0.2) is 41.3 Å². The number of carbonyl (C=O) groups excluding carboxylic acids is 1. The van der Waals surface area contributed by atoms with Crippen LogP contribution in [0.2, 0.25) is 0 Å². The van der Waals surface area contributed by atoms with Gasteiger partial charge in [0.05, 0.1) is 11.9 Å². The average Bonchev–Trinajstić information content (AvgIpc) is 3.38. The van der Waals surface area contributed by atoms with Crippen LogP contribution in [0.5, 0.6) is 0 Å². The lowest BCUT2D eigenvalue weighted by molar-refractivity contribution is -0.121. The molecule has 0 aliphatic heterocycles. The maximum atomic E-state index is 11.4. The van der Waals surface area contributed by atoms with Gasteiger partial charge in [0.15, 0.2) is 11.2 Å². The number of nitrogens with two attached hydrogens (primary N) is 1. The smallest absolute Gasteiger partial charge is 0.225 e. The molecule has 9 heteroatoms. The van der Waals surface area contributed by atoms with Gasteiger partial charge in [0.25, 0.3) is 0 Å². The zero-order valence-electron chi connectivity index (χ0n) is 15.4. The summed E-state index contributed by atoms with van der Waals surface area (Å²) in [4.78, 5) is 20.3. The molecule has 0 spiro atoms. The van der Waals surface area contributed by atoms with Crippen LogP contribution in [0.3, 0.4) is 0 Å². The zero-order chi connectivity index (χ0) is 19.3. The van der Waals surface area contributed by atoms with Crippen LogP contribution < -0.4 is 11.1 Å². The summed E-state index contributed by atoms with van der Waals surface area (Å²) < 4.78 is 3.75. The number of fused-ring (bicyclic) bond motifs is 2. The molecule has 28 heavy (non-hydrogen) atoms. The van der Waals surface area contributed by atoms with Crippen molar-refractivity contribution in [3.05, 3.63) is 42.4 Å². The molecule has 2 atom stereocenters. The topological polar surface area (TPSA) is 116 Å². The first-order chi connectivity index (χ1) is 13.6. The van der Waals surface area contributed by atoms with Gasteiger partial charge in [0.1, 0.15) is 0 Å². The first kappa shape index (κ1) is 16.7. The van der Waals surface area contributed by atoms with Crippen molar-refractivity contribution in [2.75, 3.05) is 5.32 Å². The van der Waals surface area contributed by atoms with E-state index in [-0.39, 0.29) is 17.9 Å². The Kier molecular flexibility index (Phi) is 3.75. The van der Waals surface area contributed by atoms with E-state index in [1.54, 1.807) is 10.9 Å². The maximum absolute atomic E-state index is 11.4. The maximum Gasteiger partial charge on any atom is 0.225 e. The Morgan fingerprint density at radius 2 is 2.21 bits per heavy atom. The van der Waals surface area contributed by atoms with E-state index in [9.17, 15) is 4.79 Å². The molecule has 0 bridgehead atoms. The predicted molar refractivity (Wildman–Crippen MR) is 104 cm³/mol. The van der Waals surface area contributed by atoms with Crippen molar-refractivity contribution < 1.29 is 4.79 Å². The summed E-state index contributed by atoms with van der Waals surface area (Å²) in [5, 5.41) is 11.8. The molecule has 1 fully saturated rings. The van der Waals surface area contributed by atoms with E-state index in [4.69, 9.17) is 5.73 Å². The molecule has 1 saturated carbocycles. The quantitative estimate of drug-likeness (QED) is 0.561. The molecule has 0 aromatic carbocycles. The van der Waals surface area contributed by atoms with Gasteiger partial charge in [-0.1, -0.05) is 5.21 Å². The number of hydrogen-bond donors (Lipinski definition) is 2. The number of aryl methyl sites for hydroxylation is 1. The Morgan fingerprint density at radius 3 is 3.04 bits per heavy atom. The molecule has 0 unspecified atom stereocenters. The second-order valence-corrected chi connectivity index (χ2v) is 7.39. The molecule has 1 amide bonds. The van der Waals surface area contributed by atoms with Crippen LogP contribution in [0.4, 0.5) is 5.95 Å². The van der Waals surface area contributed by atoms with Crippen LogP contribution in [0.25, 0.3) is 22.4 Å². The second-order valence-electron chi connectivity index (χ2n) is 7.39. The third kappa shape index (κ3) is 2.84. The van der Waals surface area contributed by atoms with Crippen LogP contribution in [0.15, 0.2) is 36.8 Å². The minimum Gasteiger partial charge on any atom is -0.369 e. The molecule has 4 aromatic heterocycles. The monoisotopic (exact) mass is 376 g/mol. The van der Waals surface area contributed by atoms with Crippen molar-refractivity contribution in [2.24, 2.45) is 11.7 Å². The molecule has 3 N–H and O–H groups in total. The first-order valence-corrected chi connectivity index (χ1v) is 9.30. The molecule has 1 aliphatic carbocycles. The highest BCUT2D eigenvalue weighted by Crippen LogP contribution is 2.27. The molecule has 0 saturated heterocycles. The number of aromatic nitrogens is 6. The number of primary amides is 1. The van der Waals surface area contributed by atoms with Gasteiger partial charge < -0.3 is 15.5 Å². The number of nitrogens with one attached hydrogen (secondary N) is 1. The summed E-state index contributed by atoms with van der Waals surface area (Å²) in [7, 11) is 0. The van der Waals surface area contributed by atoms with E-state index in [0.29, 0.717) is 23.5 Å². The largest absolute Gasteiger partial charge is 0.369 e. The van der Waals surface area contributed by atoms with Crippen molar-refractivity contribution in [2.45, 2.75) is 32.2 Å². The van der Waals surface area contributed by atoms with E-state index < -0.39 is 0 Å². The molecule has 9 nitrogen and oxygen atoms in total. The minimum atomic E-state index is -0.237. The highest BCUT2D eigenvalue weighted by atomic mass is 16.1. The van der Waals surface area contributed by atoms with E-state index in [0.717, 1.165) is 24.0 Å². The van der Waals surface area contributed by atoms with Crippen LogP contribution in [0.1, 0.15) is 24.8 Å². The summed E-state index contributed by atoms with van der Waals surface area (Å²) in [6.45, 7) is 2.06. The highest BCUT2D eigenvalue weighted by Gasteiger charge is 2.28. The van der Waals surface area contributed by atoms with Crippen molar-refractivity contribution in [1.29, 1.82) is 0 Å². The van der Waals surface area contributed by atoms with Crippen LogP contribution in [0, 0.1) is 12.8 Å². The van der Waals surface area contributed by atoms with E-state index >= 15 is 0 Å². The number of nitrogens with zero attached hydrogens (tertiary/aromatic N) is 6. The fourth-order valence-electron chi connectivity index (χ4n) is 3.85. The fourth-order valence-corrected chi connectivity index (χ4v) is 3.85. The summed E-state index contributed by atoms with van der Waals surface area (Å²) in [5.41, 5.74) is 9.83. The zero-order valence-corrected chi connectivity index (χ0v) is 15.4. The summed E-state index contributed by atoms with van der Waals surface area (Å²) in [5.74, 6) is 0.190. The summed E-state index contributed by atoms with van der Waals surface area (Å²) >= 11 is 0. The molecular formula is C19H20N8O. The third-order valence-corrected chi connectivity index (χ3v) is 5.34. The molecule has 0 radical (unpaired) electrons. The first-order valence-electron chi connectivity index (χ1n) is 9.30. The Bertz CT molecular complexity index is 1190. The summed E-state index contributed by atoms with van der Waals surface area (Å²) in [6.07, 6.45) is 8.05. The van der Waals surface area contributed by atoms with Crippen molar-refractivity contribution in [3.8, 4) is 5.69 Å². The standard InChI is InChI=1S/C19H20N8O/c1-11-4-5-26-10-15(8-14(26)6-11)27-18-16(24-25-27)9-21-19(23-18)22-13-3-2-12(7-13)17(20)28/h4-6,8-10,12-13H,2-3,7H2,1H3,(H2,20,28)(H,21,22,23)/t12-,13-/m1/s1. The molecule has 142 valence electrons. The van der Waals surface area contributed by atoms with Gasteiger partial charge in [-0.2, -0.15) is 9.67 Å². The number of amides is 1. The fraction of sp³-hybridized carbons (Fsp3) is 0.316. The van der Waals surface area contributed by atoms with Gasteiger partial charge in [0.2, 0.25) is 11.9 Å². The van der Waals surface area contributed by atoms with E-state index in [1.165, 1.54) is 5.56 Å². The van der Waals surface area contributed by atoms with Crippen LogP contribution in [-0.2, 0) is 4.79 Å². The number of anilines is 1. The lowest BCUT2D eigenvalue weighted by atomic mass is 10.1. The molecule has 4 aromatic rings. The van der Waals surface area contributed by atoms with Gasteiger partial charge in [-0.15, -0.1) is 5.10 Å². The number of pyridine rings is 1. The normalized spacial score (nSPS) is 19.5. The van der Waals surface area contributed by atoms with Gasteiger partial charge in [-0.3, -0.25) is 4.79 Å². The predicted octanol–water partition coefficient (Wildman–Crippen LogP) is 1.84. The van der Waals surface area contributed by atoms with Crippen molar-refractivity contribution >= 4 is 28.5 Å². The summed E-state index contributed by atoms with van der Waals surface area (Å²) in [6, 6.07) is 6.35. The Hall–Kier alpha value is -3.49. The van der Waals surface area contributed by atoms with Crippen LogP contribution >= 0.6 is 0 Å². The number of hydrogen-bond acceptors (Lipinski definition) is 6.